The molecule has 0 bridgehead atoms. The van der Waals surface area contributed by atoms with Gasteiger partial charge in [0.2, 0.25) is 0 Å². The smallest absolute Gasteiger partial charge is 0.356 e. The first-order valence-corrected chi connectivity index (χ1v) is 8.94. The maximum absolute atomic E-state index is 12.3. The molecule has 0 spiro atoms. The molecule has 9 nitrogen and oxygen atoms in total. The predicted octanol–water partition coefficient (Wildman–Crippen LogP) is 2.46. The maximum Gasteiger partial charge on any atom is 0.356 e. The molecule has 4 aromatic rings. The topological polar surface area (TPSA) is 127 Å². The number of nitrogens with zero attached hydrogens (tertiary/aromatic N) is 2. The van der Waals surface area contributed by atoms with Gasteiger partial charge < -0.3 is 14.5 Å². The van der Waals surface area contributed by atoms with E-state index >= 15 is 0 Å². The highest BCUT2D eigenvalue weighted by atomic mass is 16.5. The Bertz CT molecular complexity index is 1290. The average molecular weight is 404 g/mol. The maximum atomic E-state index is 12.3. The van der Waals surface area contributed by atoms with Crippen molar-refractivity contribution in [1.29, 1.82) is 0 Å². The van der Waals surface area contributed by atoms with Crippen LogP contribution in [0.25, 0.3) is 22.2 Å². The molecule has 0 radical (unpaired) electrons. The Morgan fingerprint density at radius 3 is 2.60 bits per heavy atom. The standard InChI is InChI=1S/C21H16N4O5/c1-29-20(27)13-7-8-14-16(9-13)22-18(23-19(14)26)11-30-21(28)17-10-15(24-25-17)12-5-3-2-4-6-12/h2-10H,11H2,1H3,(H,24,25)(H,22,23,26). The largest absolute Gasteiger partial charge is 0.465 e. The summed E-state index contributed by atoms with van der Waals surface area (Å²) in [4.78, 5) is 43.1. The van der Waals surface area contributed by atoms with Crippen LogP contribution in [0.5, 0.6) is 0 Å². The first-order chi connectivity index (χ1) is 14.5. The molecule has 9 heteroatoms. The Balaban J connectivity index is 1.52. The summed E-state index contributed by atoms with van der Waals surface area (Å²) in [5, 5.41) is 7.05. The molecule has 150 valence electrons. The Labute approximate surface area is 169 Å². The van der Waals surface area contributed by atoms with E-state index in [1.807, 2.05) is 30.3 Å². The third kappa shape index (κ3) is 3.81. The van der Waals surface area contributed by atoms with Gasteiger partial charge in [-0.2, -0.15) is 5.10 Å². The van der Waals surface area contributed by atoms with Gasteiger partial charge in [-0.1, -0.05) is 30.3 Å². The van der Waals surface area contributed by atoms with Gasteiger partial charge in [-0.15, -0.1) is 0 Å². The fourth-order valence-corrected chi connectivity index (χ4v) is 2.90. The number of H-pyrrole nitrogens is 2. The van der Waals surface area contributed by atoms with Crippen LogP contribution >= 0.6 is 0 Å². The highest BCUT2D eigenvalue weighted by molar-refractivity contribution is 5.94. The predicted molar refractivity (Wildman–Crippen MR) is 107 cm³/mol. The molecule has 0 aliphatic heterocycles. The van der Waals surface area contributed by atoms with Crippen molar-refractivity contribution in [2.75, 3.05) is 7.11 Å². The molecule has 2 heterocycles. The fourth-order valence-electron chi connectivity index (χ4n) is 2.90. The molecule has 4 rings (SSSR count). The van der Waals surface area contributed by atoms with Crippen LogP contribution < -0.4 is 5.56 Å². The number of nitrogens with one attached hydrogen (secondary N) is 2. The molecule has 0 fully saturated rings. The van der Waals surface area contributed by atoms with Gasteiger partial charge in [0.25, 0.3) is 5.56 Å². The van der Waals surface area contributed by atoms with Gasteiger partial charge in [0.15, 0.2) is 0 Å². The number of benzene rings is 2. The molecule has 0 unspecified atom stereocenters. The second kappa shape index (κ2) is 8.00. The van der Waals surface area contributed by atoms with Crippen LogP contribution in [0.3, 0.4) is 0 Å². The second-order valence-electron chi connectivity index (χ2n) is 6.35. The Morgan fingerprint density at radius 1 is 1.03 bits per heavy atom. The van der Waals surface area contributed by atoms with E-state index in [9.17, 15) is 14.4 Å². The fraction of sp³-hybridized carbons (Fsp3) is 0.0952. The van der Waals surface area contributed by atoms with Crippen molar-refractivity contribution >= 4 is 22.8 Å². The molecule has 30 heavy (non-hydrogen) atoms. The van der Waals surface area contributed by atoms with E-state index in [0.717, 1.165) is 5.56 Å². The van der Waals surface area contributed by atoms with Crippen LogP contribution in [-0.4, -0.2) is 39.2 Å². The minimum atomic E-state index is -0.643. The summed E-state index contributed by atoms with van der Waals surface area (Å²) in [6.07, 6.45) is 0. The lowest BCUT2D eigenvalue weighted by Crippen LogP contribution is -2.15. The van der Waals surface area contributed by atoms with E-state index in [-0.39, 0.29) is 23.7 Å². The average Bonchev–Trinajstić information content (AvgIpc) is 3.27. The van der Waals surface area contributed by atoms with Gasteiger partial charge in [-0.3, -0.25) is 9.89 Å². The molecule has 2 N–H and O–H groups in total. The van der Waals surface area contributed by atoms with E-state index in [4.69, 9.17) is 4.74 Å². The number of aromatic nitrogens is 4. The Kier molecular flexibility index (Phi) is 5.08. The van der Waals surface area contributed by atoms with E-state index in [0.29, 0.717) is 16.6 Å². The van der Waals surface area contributed by atoms with Crippen LogP contribution in [0.1, 0.15) is 26.7 Å². The molecule has 2 aromatic heterocycles. The van der Waals surface area contributed by atoms with Crippen molar-refractivity contribution in [2.24, 2.45) is 0 Å². The third-order valence-corrected chi connectivity index (χ3v) is 4.38. The minimum Gasteiger partial charge on any atom is -0.465 e. The number of hydrogen-bond acceptors (Lipinski definition) is 7. The van der Waals surface area contributed by atoms with Gasteiger partial charge in [0.1, 0.15) is 18.1 Å². The van der Waals surface area contributed by atoms with E-state index in [1.165, 1.54) is 25.3 Å². The normalized spacial score (nSPS) is 10.7. The molecular weight excluding hydrogens is 388 g/mol. The molecule has 0 saturated heterocycles. The van der Waals surface area contributed by atoms with Gasteiger partial charge >= 0.3 is 11.9 Å². The molecule has 0 amide bonds. The van der Waals surface area contributed by atoms with Crippen LogP contribution in [0.4, 0.5) is 0 Å². The summed E-state index contributed by atoms with van der Waals surface area (Å²) < 4.78 is 9.91. The first-order valence-electron chi connectivity index (χ1n) is 8.94. The number of methoxy groups -OCH3 is 1. The van der Waals surface area contributed by atoms with Crippen molar-refractivity contribution in [2.45, 2.75) is 6.61 Å². The molecule has 0 aliphatic carbocycles. The molecule has 0 atom stereocenters. The zero-order valence-electron chi connectivity index (χ0n) is 15.8. The number of hydrogen-bond donors (Lipinski definition) is 2. The lowest BCUT2D eigenvalue weighted by molar-refractivity contribution is 0.0455. The van der Waals surface area contributed by atoms with Crippen molar-refractivity contribution in [3.63, 3.8) is 0 Å². The minimum absolute atomic E-state index is 0.144. The second-order valence-corrected chi connectivity index (χ2v) is 6.35. The molecule has 2 aromatic carbocycles. The summed E-state index contributed by atoms with van der Waals surface area (Å²) in [6.45, 7) is -0.258. The SMILES string of the molecule is COC(=O)c1ccc2c(=O)[nH]c(COC(=O)c3cc(-c4ccccc4)n[nH]3)nc2c1. The lowest BCUT2D eigenvalue weighted by atomic mass is 10.1. The quantitative estimate of drug-likeness (QED) is 0.489. The highest BCUT2D eigenvalue weighted by Crippen LogP contribution is 2.17. The number of carbonyl (C=O) groups excluding carboxylic acids is 2. The monoisotopic (exact) mass is 404 g/mol. The number of fused-ring (bicyclic) bond motifs is 1. The van der Waals surface area contributed by atoms with Crippen LogP contribution in [-0.2, 0) is 16.1 Å². The summed E-state index contributed by atoms with van der Waals surface area (Å²) in [5.74, 6) is -1.04. The zero-order valence-corrected chi connectivity index (χ0v) is 15.8. The van der Waals surface area contributed by atoms with Crippen molar-refractivity contribution in [3.05, 3.63) is 82.0 Å². The Morgan fingerprint density at radius 2 is 1.83 bits per heavy atom. The van der Waals surface area contributed by atoms with Gasteiger partial charge in [0, 0.05) is 5.56 Å². The van der Waals surface area contributed by atoms with Crippen molar-refractivity contribution < 1.29 is 19.1 Å². The van der Waals surface area contributed by atoms with Crippen molar-refractivity contribution in [3.8, 4) is 11.3 Å². The summed E-state index contributed by atoms with van der Waals surface area (Å²) >= 11 is 0. The summed E-state index contributed by atoms with van der Waals surface area (Å²) in [6, 6.07) is 15.4. The number of aromatic amines is 2. The summed E-state index contributed by atoms with van der Waals surface area (Å²) in [7, 11) is 1.27. The summed E-state index contributed by atoms with van der Waals surface area (Å²) in [5.41, 5.74) is 1.78. The third-order valence-electron chi connectivity index (χ3n) is 4.38. The lowest BCUT2D eigenvalue weighted by Gasteiger charge is -2.05. The zero-order chi connectivity index (χ0) is 21.1. The number of rotatable bonds is 5. The van der Waals surface area contributed by atoms with Gasteiger partial charge in [-0.05, 0) is 24.3 Å². The number of esters is 2. The molecule has 0 saturated carbocycles. The van der Waals surface area contributed by atoms with Crippen LogP contribution in [0, 0.1) is 0 Å². The van der Waals surface area contributed by atoms with E-state index in [2.05, 4.69) is 24.9 Å². The molecular formula is C21H16N4O5. The number of ether oxygens (including phenoxy) is 2. The van der Waals surface area contributed by atoms with Gasteiger partial charge in [-0.25, -0.2) is 14.6 Å². The van der Waals surface area contributed by atoms with E-state index < -0.39 is 17.5 Å². The molecule has 0 aliphatic rings. The van der Waals surface area contributed by atoms with Gasteiger partial charge in [0.05, 0.1) is 29.3 Å². The number of carbonyl (C=O) groups is 2. The Hall–Kier alpha value is -4.27. The van der Waals surface area contributed by atoms with Crippen LogP contribution in [0.15, 0.2) is 59.4 Å². The first kappa shape index (κ1) is 19.1. The highest BCUT2D eigenvalue weighted by Gasteiger charge is 2.14. The van der Waals surface area contributed by atoms with Crippen molar-refractivity contribution in [1.82, 2.24) is 20.2 Å². The van der Waals surface area contributed by atoms with Crippen LogP contribution in [0.2, 0.25) is 0 Å². The van der Waals surface area contributed by atoms with E-state index in [1.54, 1.807) is 6.07 Å².